The van der Waals surface area contributed by atoms with E-state index in [9.17, 15) is 4.79 Å². The number of nitrogens with one attached hydrogen (secondary N) is 1. The van der Waals surface area contributed by atoms with E-state index in [2.05, 4.69) is 97.8 Å². The van der Waals surface area contributed by atoms with Gasteiger partial charge in [0.15, 0.2) is 5.96 Å². The summed E-state index contributed by atoms with van der Waals surface area (Å²) in [6, 6.07) is 25.8. The van der Waals surface area contributed by atoms with E-state index >= 15 is 0 Å². The molecule has 8 rings (SSSR count). The van der Waals surface area contributed by atoms with E-state index in [0.717, 1.165) is 32.0 Å². The molecule has 3 fully saturated rings. The summed E-state index contributed by atoms with van der Waals surface area (Å²) in [5, 5.41) is 17.3. The van der Waals surface area contributed by atoms with E-state index in [1.807, 2.05) is 0 Å². The predicted octanol–water partition coefficient (Wildman–Crippen LogP) is 6.27. The summed E-state index contributed by atoms with van der Waals surface area (Å²) in [6.45, 7) is 7.54. The van der Waals surface area contributed by atoms with Crippen LogP contribution in [-0.4, -0.2) is 93.6 Å². The zero-order chi connectivity index (χ0) is 28.0. The molecule has 11 heteroatoms. The van der Waals surface area contributed by atoms with E-state index in [1.54, 1.807) is 0 Å². The molecule has 0 aromatic heterocycles. The molecule has 0 amide bonds. The third-order valence-corrected chi connectivity index (χ3v) is 8.64. The van der Waals surface area contributed by atoms with Crippen LogP contribution in [0.3, 0.4) is 0 Å². The number of nitrogens with zero attached hydrogens (tertiary/aromatic N) is 4. The molecule has 0 spiro atoms. The molecule has 2 N–H and O–H groups in total. The molecular weight excluding hydrogens is 742 g/mol. The van der Waals surface area contributed by atoms with Crippen LogP contribution in [0.25, 0.3) is 21.5 Å². The van der Waals surface area contributed by atoms with E-state index < -0.39 is 12.0 Å². The van der Waals surface area contributed by atoms with Gasteiger partial charge in [-0.2, -0.15) is 0 Å². The van der Waals surface area contributed by atoms with Gasteiger partial charge in [0.25, 0.3) is 0 Å². The van der Waals surface area contributed by atoms with Crippen molar-refractivity contribution >= 4 is 89.5 Å². The van der Waals surface area contributed by atoms with Crippen LogP contribution in [0.1, 0.15) is 38.5 Å². The average Bonchev–Trinajstić information content (AvgIpc) is 3.84. The molecule has 1 atom stereocenters. The van der Waals surface area contributed by atoms with Crippen molar-refractivity contribution in [1.82, 2.24) is 10.2 Å². The maximum atomic E-state index is 10.7. The molecule has 0 saturated carbocycles. The largest absolute Gasteiger partial charge is 2.00 e. The minimum atomic E-state index is -0.784. The minimum Gasteiger partial charge on any atom is -0.480 e. The number of anilines is 2. The Kier molecular flexibility index (Phi) is 16.6. The molecule has 0 bridgehead atoms. The molecule has 4 aliphatic rings. The number of carbonyl (C=O) groups is 1. The van der Waals surface area contributed by atoms with Gasteiger partial charge in [0.1, 0.15) is 6.04 Å². The van der Waals surface area contributed by atoms with Gasteiger partial charge in [-0.25, -0.2) is 4.79 Å². The van der Waals surface area contributed by atoms with Gasteiger partial charge in [-0.15, -0.1) is 107 Å². The zero-order valence-corrected chi connectivity index (χ0v) is 32.2. The molecule has 237 valence electrons. The van der Waals surface area contributed by atoms with Crippen molar-refractivity contribution in [1.29, 1.82) is 0 Å². The summed E-state index contributed by atoms with van der Waals surface area (Å²) in [4.78, 5) is 22.1. The molecule has 4 aromatic carbocycles. The Morgan fingerprint density at radius 2 is 1.20 bits per heavy atom. The second kappa shape index (κ2) is 19.0. The molecule has 1 unspecified atom stereocenters. The fourth-order valence-electron chi connectivity index (χ4n) is 6.44. The van der Waals surface area contributed by atoms with Gasteiger partial charge in [0, 0.05) is 65.6 Å². The van der Waals surface area contributed by atoms with Gasteiger partial charge in [-0.1, -0.05) is 23.5 Å². The van der Waals surface area contributed by atoms with Crippen molar-refractivity contribution in [3.05, 3.63) is 72.8 Å². The first-order valence-electron chi connectivity index (χ1n) is 15.2. The van der Waals surface area contributed by atoms with Gasteiger partial charge in [0.05, 0.1) is 0 Å². The summed E-state index contributed by atoms with van der Waals surface area (Å²) < 4.78 is 0. The maximum absolute atomic E-state index is 10.7. The zero-order valence-electron chi connectivity index (χ0n) is 25.7. The number of carboxylic acids is 1. The van der Waals surface area contributed by atoms with Gasteiger partial charge >= 0.3 is 32.2 Å². The number of rotatable bonds is 3. The smallest absolute Gasteiger partial charge is 0.480 e. The van der Waals surface area contributed by atoms with Crippen LogP contribution >= 0.6 is 24.8 Å². The van der Waals surface area contributed by atoms with Crippen LogP contribution in [0.2, 0.25) is 0 Å². The standard InChI is InChI=1S/2C13H14N.C8H13N3O2.2ClH.Ga.Zr/c2*1-2-6-12-11(5-1)7-8-13(12)14-9-3-4-10-14;12-7(13)6-2-5-11-4-1-3-9-8(11)10-6;;;;/h2*1-2,5-8H,3-4,9-10H2;6H,1-5H2,(H,9,10)(H,12,13);2*1H;;/q2*-1;;;;;+2. The third kappa shape index (κ3) is 9.57. The van der Waals surface area contributed by atoms with Crippen LogP contribution < -0.4 is 15.1 Å². The minimum absolute atomic E-state index is 0. The van der Waals surface area contributed by atoms with Crippen molar-refractivity contribution in [2.45, 2.75) is 44.6 Å². The number of guanidine groups is 1. The number of hydrogen-bond donors (Lipinski definition) is 2. The summed E-state index contributed by atoms with van der Waals surface area (Å²) in [6.07, 6.45) is 7.12. The molecule has 4 heterocycles. The van der Waals surface area contributed by atoms with Crippen LogP contribution in [0, 0.1) is 0 Å². The molecule has 4 aliphatic heterocycles. The normalized spacial score (nSPS) is 18.3. The van der Waals surface area contributed by atoms with Gasteiger partial charge in [0.2, 0.25) is 0 Å². The number of aliphatic imine (C=N–C) groups is 1. The Morgan fingerprint density at radius 3 is 1.69 bits per heavy atom. The van der Waals surface area contributed by atoms with Crippen LogP contribution in [0.4, 0.5) is 11.4 Å². The van der Waals surface area contributed by atoms with Crippen molar-refractivity contribution in [2.24, 2.45) is 4.99 Å². The molecule has 3 radical (unpaired) electrons. The maximum Gasteiger partial charge on any atom is 2.00 e. The Bertz CT molecular complexity index is 1410. The number of carboxylic acid groups (broad SMARTS) is 1. The molecule has 45 heavy (non-hydrogen) atoms. The van der Waals surface area contributed by atoms with Gasteiger partial charge in [-0.3, -0.25) is 4.99 Å². The van der Waals surface area contributed by atoms with E-state index in [0.29, 0.717) is 6.42 Å². The van der Waals surface area contributed by atoms with Gasteiger partial charge in [-0.05, 0) is 38.5 Å². The number of halogens is 2. The predicted molar refractivity (Wildman–Crippen MR) is 190 cm³/mol. The summed E-state index contributed by atoms with van der Waals surface area (Å²) in [5.74, 6) is -0.0159. The second-order valence-electron chi connectivity index (χ2n) is 11.4. The summed E-state index contributed by atoms with van der Waals surface area (Å²) in [7, 11) is 0. The molecule has 4 aromatic rings. The Labute approximate surface area is 311 Å². The number of aliphatic carboxylic acids is 1. The Balaban J connectivity index is 0.000000225. The molecule has 7 nitrogen and oxygen atoms in total. The number of fused-ring (bicyclic) bond motifs is 3. The Hall–Kier alpha value is -1.90. The third-order valence-electron chi connectivity index (χ3n) is 8.64. The first-order valence-corrected chi connectivity index (χ1v) is 15.2. The first-order chi connectivity index (χ1) is 20.2. The SMILES string of the molecule is Cl.Cl.O=C(O)C1CCN2CCCN=C2N1.[Ga].[Zr+2].c1ccc2c(N3CCCC3)c[cH-]c2c1.c1ccc2c(N3CCCC3)c[cH-]c2c1. The van der Waals surface area contributed by atoms with E-state index in [1.165, 1.54) is 84.8 Å². The van der Waals surface area contributed by atoms with Crippen molar-refractivity contribution in [3.8, 4) is 0 Å². The topological polar surface area (TPSA) is 71.4 Å². The van der Waals surface area contributed by atoms with Crippen molar-refractivity contribution in [3.63, 3.8) is 0 Å². The van der Waals surface area contributed by atoms with Crippen LogP contribution in [0.5, 0.6) is 0 Å². The van der Waals surface area contributed by atoms with Crippen LogP contribution in [0.15, 0.2) is 77.8 Å². The fraction of sp³-hybridized carbons (Fsp3) is 0.412. The monoisotopic (exact) mass is 782 g/mol. The Morgan fingerprint density at radius 1 is 0.733 bits per heavy atom. The van der Waals surface area contributed by atoms with Crippen molar-refractivity contribution in [2.75, 3.05) is 55.6 Å². The summed E-state index contributed by atoms with van der Waals surface area (Å²) in [5.41, 5.74) is 2.86. The van der Waals surface area contributed by atoms with Crippen molar-refractivity contribution < 1.29 is 36.1 Å². The molecule has 3 saturated heterocycles. The average molecular weight is 786 g/mol. The quantitative estimate of drug-likeness (QED) is 0.189. The first kappa shape index (κ1) is 39.3. The second-order valence-corrected chi connectivity index (χ2v) is 11.4. The summed E-state index contributed by atoms with van der Waals surface area (Å²) >= 11 is 0. The molecule has 0 aliphatic carbocycles. The number of hydrogen-bond acceptors (Lipinski definition) is 6. The van der Waals surface area contributed by atoms with Crippen LogP contribution in [-0.2, 0) is 31.0 Å². The molecular formula is C34H43Cl2GaN5O2Zr. The van der Waals surface area contributed by atoms with E-state index in [-0.39, 0.29) is 70.8 Å². The fourth-order valence-corrected chi connectivity index (χ4v) is 6.44. The van der Waals surface area contributed by atoms with Gasteiger partial charge < -0.3 is 25.1 Å². The number of benzene rings is 2. The van der Waals surface area contributed by atoms with E-state index in [4.69, 9.17) is 5.11 Å².